The maximum Gasteiger partial charge on any atom is 0.114 e. The molecule has 7 rings (SSSR count). The van der Waals surface area contributed by atoms with Crippen LogP contribution in [0.3, 0.4) is 0 Å². The van der Waals surface area contributed by atoms with E-state index in [1.165, 1.54) is 60.7 Å². The van der Waals surface area contributed by atoms with Gasteiger partial charge in [-0.2, -0.15) is 0 Å². The molecule has 0 N–H and O–H groups in total. The molecule has 0 aromatic heterocycles. The average molecular weight is 414 g/mol. The first-order chi connectivity index (χ1) is 16.3. The summed E-state index contributed by atoms with van der Waals surface area (Å²) in [4.78, 5) is 0. The Morgan fingerprint density at radius 2 is 0.848 bits per heavy atom. The van der Waals surface area contributed by atoms with Crippen molar-refractivity contribution >= 4 is 34.9 Å². The second-order valence-corrected chi connectivity index (χ2v) is 8.71. The van der Waals surface area contributed by atoms with Crippen molar-refractivity contribution in [1.29, 1.82) is 0 Å². The van der Waals surface area contributed by atoms with Crippen molar-refractivity contribution < 1.29 is 0 Å². The van der Waals surface area contributed by atoms with Gasteiger partial charge in [-0.15, -0.1) is 0 Å². The largest absolute Gasteiger partial charge is 0.114 e. The summed E-state index contributed by atoms with van der Waals surface area (Å²) in [5.74, 6) is 0. The second-order valence-electron chi connectivity index (χ2n) is 8.71. The first kappa shape index (κ1) is 18.5. The van der Waals surface area contributed by atoms with E-state index in [1.807, 2.05) is 0 Å². The molecule has 0 atom stereocenters. The van der Waals surface area contributed by atoms with Crippen molar-refractivity contribution in [1.82, 2.24) is 0 Å². The zero-order valence-corrected chi connectivity index (χ0v) is 18.0. The molecule has 1 heteroatoms. The van der Waals surface area contributed by atoms with E-state index in [0.29, 0.717) is 0 Å². The van der Waals surface area contributed by atoms with Crippen LogP contribution in [0.15, 0.2) is 115 Å². The van der Waals surface area contributed by atoms with Crippen LogP contribution in [-0.4, -0.2) is 7.85 Å². The second kappa shape index (κ2) is 6.95. The van der Waals surface area contributed by atoms with Crippen molar-refractivity contribution in [3.05, 3.63) is 115 Å². The van der Waals surface area contributed by atoms with Crippen molar-refractivity contribution in [2.24, 2.45) is 0 Å². The molecule has 2 radical (unpaired) electrons. The third-order valence-corrected chi connectivity index (χ3v) is 6.95. The van der Waals surface area contributed by atoms with E-state index < -0.39 is 0 Å². The Kier molecular flexibility index (Phi) is 3.89. The zero-order chi connectivity index (χ0) is 21.9. The van der Waals surface area contributed by atoms with Crippen LogP contribution >= 0.6 is 0 Å². The molecule has 1 aliphatic carbocycles. The van der Waals surface area contributed by atoms with E-state index in [2.05, 4.69) is 115 Å². The van der Waals surface area contributed by atoms with Crippen LogP contribution in [0.5, 0.6) is 0 Å². The summed E-state index contributed by atoms with van der Waals surface area (Å²) in [6.45, 7) is 0. The van der Waals surface area contributed by atoms with E-state index in [-0.39, 0.29) is 0 Å². The van der Waals surface area contributed by atoms with Gasteiger partial charge in [0.2, 0.25) is 0 Å². The summed E-state index contributed by atoms with van der Waals surface area (Å²) in [7, 11) is 6.45. The summed E-state index contributed by atoms with van der Waals surface area (Å²) < 4.78 is 0. The van der Waals surface area contributed by atoms with Gasteiger partial charge in [0.1, 0.15) is 7.85 Å². The standard InChI is InChI=1S/C32H19B/c33-27-19-18-26-30-24(27)16-9-17-25(30)31-28(20-10-3-1-4-11-20)22-14-7-8-15-23(22)29(32(26)31)21-12-5-2-6-13-21/h1-19H. The predicted molar refractivity (Wildman–Crippen MR) is 142 cm³/mol. The summed E-state index contributed by atoms with van der Waals surface area (Å²) in [5, 5.41) is 4.94. The topological polar surface area (TPSA) is 0 Å². The van der Waals surface area contributed by atoms with Gasteiger partial charge in [-0.3, -0.25) is 0 Å². The van der Waals surface area contributed by atoms with Gasteiger partial charge in [-0.1, -0.05) is 121 Å². The minimum Gasteiger partial charge on any atom is -0.0889 e. The van der Waals surface area contributed by atoms with Crippen molar-refractivity contribution in [2.75, 3.05) is 0 Å². The Labute approximate surface area is 194 Å². The molecule has 0 spiro atoms. The van der Waals surface area contributed by atoms with E-state index in [9.17, 15) is 0 Å². The summed E-state index contributed by atoms with van der Waals surface area (Å²) in [5.41, 5.74) is 11.1. The normalized spacial score (nSPS) is 11.8. The number of hydrogen-bond acceptors (Lipinski definition) is 0. The Bertz CT molecular complexity index is 1600. The van der Waals surface area contributed by atoms with Gasteiger partial charge in [0.05, 0.1) is 0 Å². The molecule has 0 saturated heterocycles. The lowest BCUT2D eigenvalue weighted by atomic mass is 9.82. The Balaban J connectivity index is 1.78. The van der Waals surface area contributed by atoms with Crippen LogP contribution in [0, 0.1) is 0 Å². The highest BCUT2D eigenvalue weighted by molar-refractivity contribution is 6.41. The van der Waals surface area contributed by atoms with Crippen molar-refractivity contribution in [3.63, 3.8) is 0 Å². The highest BCUT2D eigenvalue weighted by Crippen LogP contribution is 2.57. The van der Waals surface area contributed by atoms with E-state index in [4.69, 9.17) is 7.85 Å². The minimum atomic E-state index is 0.829. The Morgan fingerprint density at radius 1 is 0.364 bits per heavy atom. The van der Waals surface area contributed by atoms with Gasteiger partial charge in [0.15, 0.2) is 0 Å². The molecule has 0 amide bonds. The number of rotatable bonds is 2. The Morgan fingerprint density at radius 3 is 1.42 bits per heavy atom. The first-order valence-electron chi connectivity index (χ1n) is 11.3. The fourth-order valence-corrected chi connectivity index (χ4v) is 5.63. The van der Waals surface area contributed by atoms with Crippen molar-refractivity contribution in [2.45, 2.75) is 0 Å². The number of benzene rings is 6. The highest BCUT2D eigenvalue weighted by atomic mass is 14.3. The van der Waals surface area contributed by atoms with Gasteiger partial charge in [0.25, 0.3) is 0 Å². The fourth-order valence-electron chi connectivity index (χ4n) is 5.63. The lowest BCUT2D eigenvalue weighted by Gasteiger charge is -2.20. The molecule has 6 aromatic carbocycles. The van der Waals surface area contributed by atoms with Crippen molar-refractivity contribution in [3.8, 4) is 44.5 Å². The highest BCUT2D eigenvalue weighted by Gasteiger charge is 2.30. The zero-order valence-electron chi connectivity index (χ0n) is 18.0. The Hall–Kier alpha value is -4.10. The molecule has 0 nitrogen and oxygen atoms in total. The van der Waals surface area contributed by atoms with Crippen LogP contribution in [-0.2, 0) is 0 Å². The van der Waals surface area contributed by atoms with Gasteiger partial charge in [-0.05, 0) is 66.1 Å². The number of fused-ring (bicyclic) bond motifs is 4. The van der Waals surface area contributed by atoms with Gasteiger partial charge in [0, 0.05) is 0 Å². The lowest BCUT2D eigenvalue weighted by molar-refractivity contribution is 1.62. The maximum atomic E-state index is 6.45. The molecule has 33 heavy (non-hydrogen) atoms. The monoisotopic (exact) mass is 414 g/mol. The third kappa shape index (κ3) is 2.54. The predicted octanol–water partition coefficient (Wildman–Crippen LogP) is 7.77. The molecule has 0 saturated carbocycles. The lowest BCUT2D eigenvalue weighted by Crippen LogP contribution is -2.02. The SMILES string of the molecule is [B]c1ccc2c3c(cccc13)-c1c-2c(-c2ccccc2)c2ccccc2c1-c1ccccc1. The molecule has 1 aliphatic rings. The molecule has 0 heterocycles. The molecular formula is C32H19B. The summed E-state index contributed by atoms with van der Waals surface area (Å²) in [6, 6.07) is 41.2. The first-order valence-corrected chi connectivity index (χ1v) is 11.3. The quantitative estimate of drug-likeness (QED) is 0.254. The molecule has 6 aromatic rings. The van der Waals surface area contributed by atoms with Gasteiger partial charge >= 0.3 is 0 Å². The molecule has 0 fully saturated rings. The smallest absolute Gasteiger partial charge is 0.0889 e. The molecule has 0 aliphatic heterocycles. The van der Waals surface area contributed by atoms with Gasteiger partial charge in [-0.25, -0.2) is 0 Å². The minimum absolute atomic E-state index is 0.829. The van der Waals surface area contributed by atoms with Crippen LogP contribution in [0.2, 0.25) is 0 Å². The summed E-state index contributed by atoms with van der Waals surface area (Å²) >= 11 is 0. The third-order valence-electron chi connectivity index (χ3n) is 6.95. The average Bonchev–Trinajstić information content (AvgIpc) is 3.21. The van der Waals surface area contributed by atoms with E-state index in [0.717, 1.165) is 10.8 Å². The fraction of sp³-hybridized carbons (Fsp3) is 0. The molecule has 150 valence electrons. The molecular weight excluding hydrogens is 395 g/mol. The summed E-state index contributed by atoms with van der Waals surface area (Å²) in [6.07, 6.45) is 0. The van der Waals surface area contributed by atoms with Crippen LogP contribution in [0.4, 0.5) is 0 Å². The number of hydrogen-bond donors (Lipinski definition) is 0. The maximum absolute atomic E-state index is 6.45. The van der Waals surface area contributed by atoms with Gasteiger partial charge < -0.3 is 0 Å². The molecule has 0 unspecified atom stereocenters. The van der Waals surface area contributed by atoms with E-state index in [1.54, 1.807) is 0 Å². The van der Waals surface area contributed by atoms with E-state index >= 15 is 0 Å². The molecule has 0 bridgehead atoms. The van der Waals surface area contributed by atoms with Crippen LogP contribution < -0.4 is 5.46 Å². The van der Waals surface area contributed by atoms with Crippen LogP contribution in [0.1, 0.15) is 0 Å². The van der Waals surface area contributed by atoms with Crippen LogP contribution in [0.25, 0.3) is 66.1 Å².